The first-order valence-electron chi connectivity index (χ1n) is 8.50. The van der Waals surface area contributed by atoms with Crippen molar-refractivity contribution in [3.63, 3.8) is 0 Å². The van der Waals surface area contributed by atoms with Gasteiger partial charge < -0.3 is 20.5 Å². The summed E-state index contributed by atoms with van der Waals surface area (Å²) >= 11 is 0. The summed E-state index contributed by atoms with van der Waals surface area (Å²) in [5.74, 6) is 0.0612. The molecule has 0 heterocycles. The molecular formula is C18H28N2O4. The van der Waals surface area contributed by atoms with Gasteiger partial charge in [-0.15, -0.1) is 0 Å². The minimum absolute atomic E-state index is 0.0350. The maximum atomic E-state index is 12.0. The highest BCUT2D eigenvalue weighted by molar-refractivity contribution is 5.88. The number of aliphatic hydroxyl groups excluding tert-OH is 1. The van der Waals surface area contributed by atoms with Gasteiger partial charge in [-0.25, -0.2) is 0 Å². The van der Waals surface area contributed by atoms with Crippen molar-refractivity contribution < 1.29 is 19.4 Å². The molecule has 1 aromatic carbocycles. The first-order valence-corrected chi connectivity index (χ1v) is 8.50. The van der Waals surface area contributed by atoms with Crippen molar-refractivity contribution in [3.8, 4) is 5.75 Å². The molecule has 0 aliphatic carbocycles. The van der Waals surface area contributed by atoms with Crippen LogP contribution in [-0.4, -0.2) is 36.1 Å². The Hall–Kier alpha value is -2.08. The molecule has 0 saturated heterocycles. The van der Waals surface area contributed by atoms with E-state index < -0.39 is 6.04 Å². The molecule has 1 atom stereocenters. The normalized spacial score (nSPS) is 11.6. The van der Waals surface area contributed by atoms with Crippen molar-refractivity contribution in [2.45, 2.75) is 52.2 Å². The molecule has 0 aliphatic rings. The van der Waals surface area contributed by atoms with Crippen molar-refractivity contribution in [2.24, 2.45) is 0 Å². The first-order chi connectivity index (χ1) is 11.6. The summed E-state index contributed by atoms with van der Waals surface area (Å²) in [7, 11) is 0. The zero-order valence-electron chi connectivity index (χ0n) is 14.5. The third-order valence-electron chi connectivity index (χ3n) is 3.57. The predicted octanol–water partition coefficient (Wildman–Crippen LogP) is 1.76. The lowest BCUT2D eigenvalue weighted by molar-refractivity contribution is -0.130. The highest BCUT2D eigenvalue weighted by atomic mass is 16.5. The summed E-state index contributed by atoms with van der Waals surface area (Å²) < 4.78 is 5.41. The van der Waals surface area contributed by atoms with Crippen molar-refractivity contribution in [1.82, 2.24) is 10.6 Å². The molecule has 0 saturated carbocycles. The van der Waals surface area contributed by atoms with E-state index in [0.29, 0.717) is 18.7 Å². The highest BCUT2D eigenvalue weighted by Crippen LogP contribution is 2.12. The van der Waals surface area contributed by atoms with E-state index in [2.05, 4.69) is 17.6 Å². The fraction of sp³-hybridized carbons (Fsp3) is 0.556. The molecule has 6 nitrogen and oxygen atoms in total. The van der Waals surface area contributed by atoms with Crippen LogP contribution < -0.4 is 15.4 Å². The Balaban J connectivity index is 2.48. The minimum Gasteiger partial charge on any atom is -0.484 e. The molecule has 2 amide bonds. The van der Waals surface area contributed by atoms with Gasteiger partial charge in [0, 0.05) is 6.54 Å². The molecule has 1 unspecified atom stereocenters. The summed E-state index contributed by atoms with van der Waals surface area (Å²) in [5, 5.41) is 14.5. The van der Waals surface area contributed by atoms with Crippen LogP contribution in [0.5, 0.6) is 5.75 Å². The Morgan fingerprint density at radius 3 is 2.46 bits per heavy atom. The quantitative estimate of drug-likeness (QED) is 0.537. The summed E-state index contributed by atoms with van der Waals surface area (Å²) in [6.45, 7) is 4.29. The van der Waals surface area contributed by atoms with Crippen molar-refractivity contribution in [1.29, 1.82) is 0 Å². The SMILES string of the molecule is CCCCCC(NC(=O)COc1ccc(CO)cc1)C(=O)NCC. The number of nitrogens with one attached hydrogen (secondary N) is 2. The third-order valence-corrected chi connectivity index (χ3v) is 3.57. The molecule has 0 bridgehead atoms. The maximum absolute atomic E-state index is 12.0. The molecule has 0 spiro atoms. The van der Waals surface area contributed by atoms with Crippen LogP contribution in [0, 0.1) is 0 Å². The van der Waals surface area contributed by atoms with Crippen LogP contribution in [-0.2, 0) is 16.2 Å². The van der Waals surface area contributed by atoms with E-state index in [1.54, 1.807) is 24.3 Å². The van der Waals surface area contributed by atoms with Gasteiger partial charge in [0.2, 0.25) is 5.91 Å². The van der Waals surface area contributed by atoms with Crippen molar-refractivity contribution >= 4 is 11.8 Å². The number of amides is 2. The summed E-state index contributed by atoms with van der Waals surface area (Å²) in [5.41, 5.74) is 0.777. The Labute approximate surface area is 143 Å². The third kappa shape index (κ3) is 7.46. The fourth-order valence-corrected chi connectivity index (χ4v) is 2.24. The van der Waals surface area contributed by atoms with Gasteiger partial charge in [-0.1, -0.05) is 38.3 Å². The monoisotopic (exact) mass is 336 g/mol. The maximum Gasteiger partial charge on any atom is 0.258 e. The summed E-state index contributed by atoms with van der Waals surface area (Å²) in [6, 6.07) is 6.33. The number of unbranched alkanes of at least 4 members (excludes halogenated alkanes) is 2. The molecule has 0 aromatic heterocycles. The number of aliphatic hydroxyl groups is 1. The number of benzene rings is 1. The topological polar surface area (TPSA) is 87.7 Å². The van der Waals surface area contributed by atoms with Gasteiger partial charge in [-0.3, -0.25) is 9.59 Å². The number of rotatable bonds is 11. The number of ether oxygens (including phenoxy) is 1. The molecule has 6 heteroatoms. The van der Waals surface area contributed by atoms with Crippen LogP contribution in [0.1, 0.15) is 45.1 Å². The van der Waals surface area contributed by atoms with E-state index >= 15 is 0 Å². The van der Waals surface area contributed by atoms with Gasteiger partial charge in [0.15, 0.2) is 6.61 Å². The largest absolute Gasteiger partial charge is 0.484 e. The van der Waals surface area contributed by atoms with E-state index in [1.807, 2.05) is 6.92 Å². The number of hydrogen-bond donors (Lipinski definition) is 3. The minimum atomic E-state index is -0.524. The number of carbonyl (C=O) groups excluding carboxylic acids is 2. The first kappa shape index (κ1) is 20.0. The predicted molar refractivity (Wildman–Crippen MR) is 92.6 cm³/mol. The molecule has 1 aromatic rings. The molecule has 1 rings (SSSR count). The average Bonchev–Trinajstić information content (AvgIpc) is 2.60. The van der Waals surface area contributed by atoms with Gasteiger partial charge >= 0.3 is 0 Å². The number of likely N-dealkylation sites (N-methyl/N-ethyl adjacent to an activating group) is 1. The van der Waals surface area contributed by atoms with Crippen LogP contribution in [0.3, 0.4) is 0 Å². The van der Waals surface area contributed by atoms with Crippen LogP contribution >= 0.6 is 0 Å². The standard InChI is InChI=1S/C18H28N2O4/c1-3-5-6-7-16(18(23)19-4-2)20-17(22)13-24-15-10-8-14(12-21)9-11-15/h8-11,16,21H,3-7,12-13H2,1-2H3,(H,19,23)(H,20,22). The van der Waals surface area contributed by atoms with E-state index in [4.69, 9.17) is 9.84 Å². The fourth-order valence-electron chi connectivity index (χ4n) is 2.24. The van der Waals surface area contributed by atoms with E-state index in [1.165, 1.54) is 0 Å². The number of hydrogen-bond acceptors (Lipinski definition) is 4. The Kier molecular flexibility index (Phi) is 9.53. The van der Waals surface area contributed by atoms with Gasteiger partial charge in [0.05, 0.1) is 6.61 Å². The molecule has 134 valence electrons. The summed E-state index contributed by atoms with van der Waals surface area (Å²) in [4.78, 5) is 24.1. The van der Waals surface area contributed by atoms with Gasteiger partial charge in [-0.05, 0) is 31.0 Å². The van der Waals surface area contributed by atoms with E-state index in [9.17, 15) is 9.59 Å². The Morgan fingerprint density at radius 1 is 1.17 bits per heavy atom. The Morgan fingerprint density at radius 2 is 1.88 bits per heavy atom. The smallest absolute Gasteiger partial charge is 0.258 e. The lowest BCUT2D eigenvalue weighted by Gasteiger charge is -2.18. The van der Waals surface area contributed by atoms with E-state index in [-0.39, 0.29) is 25.0 Å². The second kappa shape index (κ2) is 11.5. The van der Waals surface area contributed by atoms with Crippen molar-refractivity contribution in [3.05, 3.63) is 29.8 Å². The summed E-state index contributed by atoms with van der Waals surface area (Å²) in [6.07, 6.45) is 3.60. The van der Waals surface area contributed by atoms with Gasteiger partial charge in [0.1, 0.15) is 11.8 Å². The Bertz CT molecular complexity index is 502. The zero-order valence-corrected chi connectivity index (χ0v) is 14.5. The van der Waals surface area contributed by atoms with Crippen LogP contribution in [0.4, 0.5) is 0 Å². The van der Waals surface area contributed by atoms with Gasteiger partial charge in [-0.2, -0.15) is 0 Å². The molecule has 3 N–H and O–H groups in total. The molecule has 0 fully saturated rings. The molecular weight excluding hydrogens is 308 g/mol. The van der Waals surface area contributed by atoms with Crippen molar-refractivity contribution in [2.75, 3.05) is 13.2 Å². The molecule has 24 heavy (non-hydrogen) atoms. The zero-order chi connectivity index (χ0) is 17.8. The lowest BCUT2D eigenvalue weighted by Crippen LogP contribution is -2.48. The highest BCUT2D eigenvalue weighted by Gasteiger charge is 2.19. The van der Waals surface area contributed by atoms with Gasteiger partial charge in [0.25, 0.3) is 5.91 Å². The lowest BCUT2D eigenvalue weighted by atomic mass is 10.1. The van der Waals surface area contributed by atoms with Crippen LogP contribution in [0.25, 0.3) is 0 Å². The number of carbonyl (C=O) groups is 2. The molecule has 0 radical (unpaired) electrons. The van der Waals surface area contributed by atoms with Crippen LogP contribution in [0.15, 0.2) is 24.3 Å². The second-order valence-electron chi connectivity index (χ2n) is 5.60. The average molecular weight is 336 g/mol. The van der Waals surface area contributed by atoms with E-state index in [0.717, 1.165) is 24.8 Å². The molecule has 0 aliphatic heterocycles. The second-order valence-corrected chi connectivity index (χ2v) is 5.60. The van der Waals surface area contributed by atoms with Crippen LogP contribution in [0.2, 0.25) is 0 Å².